The molecular formula is C22H19NO5S. The van der Waals surface area contributed by atoms with Crippen molar-refractivity contribution in [2.45, 2.75) is 0 Å². The maximum Gasteiger partial charge on any atom is 0.340 e. The predicted octanol–water partition coefficient (Wildman–Crippen LogP) is 4.07. The van der Waals surface area contributed by atoms with E-state index in [1.165, 1.54) is 23.3 Å². The minimum Gasteiger partial charge on any atom is -0.497 e. The number of nitrogens with zero attached hydrogens (tertiary/aromatic N) is 1. The maximum atomic E-state index is 12.6. The van der Waals surface area contributed by atoms with Gasteiger partial charge < -0.3 is 14.4 Å². The Hall–Kier alpha value is -3.45. The summed E-state index contributed by atoms with van der Waals surface area (Å²) in [6, 6.07) is 16.7. The van der Waals surface area contributed by atoms with E-state index in [0.717, 1.165) is 0 Å². The molecule has 0 aliphatic heterocycles. The van der Waals surface area contributed by atoms with Gasteiger partial charge >= 0.3 is 5.97 Å². The van der Waals surface area contributed by atoms with Crippen LogP contribution in [0.15, 0.2) is 66.0 Å². The molecule has 6 nitrogen and oxygen atoms in total. The molecule has 0 unspecified atom stereocenters. The number of rotatable bonds is 7. The van der Waals surface area contributed by atoms with Gasteiger partial charge in [-0.3, -0.25) is 9.59 Å². The Balaban J connectivity index is 1.71. The van der Waals surface area contributed by atoms with Crippen molar-refractivity contribution in [2.24, 2.45) is 0 Å². The van der Waals surface area contributed by atoms with Crippen LogP contribution < -0.4 is 9.64 Å². The Morgan fingerprint density at radius 3 is 2.34 bits per heavy atom. The Kier molecular flexibility index (Phi) is 6.41. The van der Waals surface area contributed by atoms with Crippen molar-refractivity contribution >= 4 is 34.7 Å². The van der Waals surface area contributed by atoms with E-state index in [1.54, 1.807) is 67.7 Å². The van der Waals surface area contributed by atoms with E-state index in [9.17, 15) is 14.4 Å². The number of Topliss-reactive ketones (excluding diaryl/α,β-unsaturated/α-hetero) is 1. The lowest BCUT2D eigenvalue weighted by Crippen LogP contribution is -2.27. The number of hydrogen-bond donors (Lipinski definition) is 0. The molecule has 0 spiro atoms. The normalized spacial score (nSPS) is 10.3. The van der Waals surface area contributed by atoms with E-state index >= 15 is 0 Å². The fraction of sp³-hybridized carbons (Fsp3) is 0.136. The lowest BCUT2D eigenvalue weighted by Gasteiger charge is -2.19. The zero-order valence-corrected chi connectivity index (χ0v) is 16.8. The number of para-hydroxylation sites is 1. The quantitative estimate of drug-likeness (QED) is 0.434. The third-order valence-corrected chi connectivity index (χ3v) is 5.13. The molecule has 148 valence electrons. The zero-order valence-electron chi connectivity index (χ0n) is 16.0. The summed E-state index contributed by atoms with van der Waals surface area (Å²) in [7, 11) is 3.13. The van der Waals surface area contributed by atoms with Gasteiger partial charge in [0.2, 0.25) is 0 Å². The van der Waals surface area contributed by atoms with Crippen LogP contribution in [0.3, 0.4) is 0 Å². The first-order valence-electron chi connectivity index (χ1n) is 8.76. The van der Waals surface area contributed by atoms with Crippen molar-refractivity contribution < 1.29 is 23.9 Å². The first-order valence-corrected chi connectivity index (χ1v) is 9.64. The minimum absolute atomic E-state index is 0.211. The largest absolute Gasteiger partial charge is 0.497 e. The Labute approximate surface area is 172 Å². The molecular weight excluding hydrogens is 390 g/mol. The fourth-order valence-electron chi connectivity index (χ4n) is 2.68. The molecule has 1 amide bonds. The highest BCUT2D eigenvalue weighted by atomic mass is 32.1. The first-order chi connectivity index (χ1) is 14.0. The number of amides is 1. The van der Waals surface area contributed by atoms with Gasteiger partial charge in [-0.05, 0) is 47.8 Å². The molecule has 0 radical (unpaired) electrons. The molecule has 7 heteroatoms. The molecule has 0 aliphatic rings. The summed E-state index contributed by atoms with van der Waals surface area (Å²) in [6.07, 6.45) is 0. The number of methoxy groups -OCH3 is 1. The molecule has 3 rings (SSSR count). The summed E-state index contributed by atoms with van der Waals surface area (Å²) in [5.74, 6) is -0.602. The van der Waals surface area contributed by atoms with Gasteiger partial charge in [0, 0.05) is 12.6 Å². The highest BCUT2D eigenvalue weighted by Crippen LogP contribution is 2.23. The van der Waals surface area contributed by atoms with E-state index in [4.69, 9.17) is 9.47 Å². The number of anilines is 1. The lowest BCUT2D eigenvalue weighted by molar-refractivity contribution is 0.0475. The molecule has 0 fully saturated rings. The lowest BCUT2D eigenvalue weighted by atomic mass is 10.1. The monoisotopic (exact) mass is 409 g/mol. The fourth-order valence-corrected chi connectivity index (χ4v) is 3.38. The van der Waals surface area contributed by atoms with Crippen molar-refractivity contribution in [1.82, 2.24) is 0 Å². The van der Waals surface area contributed by atoms with Gasteiger partial charge in [-0.15, -0.1) is 11.3 Å². The molecule has 0 N–H and O–H groups in total. The minimum atomic E-state index is -0.673. The Morgan fingerprint density at radius 2 is 1.69 bits per heavy atom. The van der Waals surface area contributed by atoms with E-state index in [1.807, 2.05) is 5.38 Å². The average molecular weight is 409 g/mol. The molecule has 2 aromatic carbocycles. The predicted molar refractivity (Wildman–Crippen MR) is 111 cm³/mol. The van der Waals surface area contributed by atoms with E-state index in [2.05, 4.69) is 0 Å². The number of carbonyl (C=O) groups is 3. The number of ether oxygens (including phenoxy) is 2. The standard InChI is InChI=1S/C22H19NO5S/c1-23(21(25)20-8-5-13-29-20)18-7-4-3-6-17(18)22(26)28-14-19(24)15-9-11-16(27-2)12-10-15/h3-13H,14H2,1-2H3. The summed E-state index contributed by atoms with van der Waals surface area (Å²) < 4.78 is 10.3. The van der Waals surface area contributed by atoms with Crippen molar-refractivity contribution in [3.8, 4) is 5.75 Å². The van der Waals surface area contributed by atoms with E-state index < -0.39 is 12.6 Å². The molecule has 1 heterocycles. The molecule has 29 heavy (non-hydrogen) atoms. The summed E-state index contributed by atoms with van der Waals surface area (Å²) in [5.41, 5.74) is 1.03. The summed E-state index contributed by atoms with van der Waals surface area (Å²) in [4.78, 5) is 39.4. The van der Waals surface area contributed by atoms with Crippen molar-refractivity contribution in [3.05, 3.63) is 82.0 Å². The topological polar surface area (TPSA) is 72.9 Å². The highest BCUT2D eigenvalue weighted by Gasteiger charge is 2.21. The van der Waals surface area contributed by atoms with Gasteiger partial charge in [0.1, 0.15) is 5.75 Å². The smallest absolute Gasteiger partial charge is 0.340 e. The number of thiophene rings is 1. The van der Waals surface area contributed by atoms with Gasteiger partial charge in [0.05, 0.1) is 23.2 Å². The third-order valence-electron chi connectivity index (χ3n) is 4.27. The van der Waals surface area contributed by atoms with Crippen LogP contribution in [0.25, 0.3) is 0 Å². The van der Waals surface area contributed by atoms with Gasteiger partial charge in [-0.2, -0.15) is 0 Å². The van der Waals surface area contributed by atoms with Crippen LogP contribution in [0.1, 0.15) is 30.4 Å². The summed E-state index contributed by atoms with van der Waals surface area (Å²) in [5, 5.41) is 1.81. The van der Waals surface area contributed by atoms with E-state index in [-0.39, 0.29) is 17.3 Å². The van der Waals surface area contributed by atoms with Gasteiger partial charge in [-0.1, -0.05) is 18.2 Å². The third kappa shape index (κ3) is 4.70. The van der Waals surface area contributed by atoms with Crippen molar-refractivity contribution in [2.75, 3.05) is 25.7 Å². The Morgan fingerprint density at radius 1 is 0.966 bits per heavy atom. The molecule has 0 aliphatic carbocycles. The number of ketones is 1. The van der Waals surface area contributed by atoms with Gasteiger partial charge in [0.25, 0.3) is 5.91 Å². The summed E-state index contributed by atoms with van der Waals surface area (Å²) in [6.45, 7) is -0.401. The SMILES string of the molecule is COc1ccc(C(=O)COC(=O)c2ccccc2N(C)C(=O)c2cccs2)cc1. The highest BCUT2D eigenvalue weighted by molar-refractivity contribution is 7.12. The van der Waals surface area contributed by atoms with Crippen molar-refractivity contribution in [3.63, 3.8) is 0 Å². The zero-order chi connectivity index (χ0) is 20.8. The molecule has 0 saturated carbocycles. The van der Waals surface area contributed by atoms with Crippen LogP contribution >= 0.6 is 11.3 Å². The van der Waals surface area contributed by atoms with Gasteiger partial charge in [-0.25, -0.2) is 4.79 Å². The van der Waals surface area contributed by atoms with Crippen LogP contribution in [0, 0.1) is 0 Å². The molecule has 3 aromatic rings. The second kappa shape index (κ2) is 9.16. The number of benzene rings is 2. The Bertz CT molecular complexity index is 1010. The average Bonchev–Trinajstić information content (AvgIpc) is 3.31. The number of esters is 1. The molecule has 0 saturated heterocycles. The second-order valence-electron chi connectivity index (χ2n) is 6.09. The maximum absolute atomic E-state index is 12.6. The van der Waals surface area contributed by atoms with Crippen molar-refractivity contribution in [1.29, 1.82) is 0 Å². The number of carbonyl (C=O) groups excluding carboxylic acids is 3. The van der Waals surface area contributed by atoms with Gasteiger partial charge in [0.15, 0.2) is 12.4 Å². The van der Waals surface area contributed by atoms with Crippen LogP contribution in [0.2, 0.25) is 0 Å². The number of hydrogen-bond acceptors (Lipinski definition) is 6. The van der Waals surface area contributed by atoms with Crippen LogP contribution in [-0.4, -0.2) is 38.4 Å². The molecule has 0 atom stereocenters. The second-order valence-corrected chi connectivity index (χ2v) is 7.03. The van der Waals surface area contributed by atoms with Crippen LogP contribution in [-0.2, 0) is 4.74 Å². The summed E-state index contributed by atoms with van der Waals surface area (Å²) >= 11 is 1.32. The molecule has 0 bridgehead atoms. The van der Waals surface area contributed by atoms with Crippen LogP contribution in [0.4, 0.5) is 5.69 Å². The van der Waals surface area contributed by atoms with E-state index in [0.29, 0.717) is 21.9 Å². The first kappa shape index (κ1) is 20.3. The van der Waals surface area contributed by atoms with Crippen LogP contribution in [0.5, 0.6) is 5.75 Å². The molecule has 1 aromatic heterocycles.